The van der Waals surface area contributed by atoms with Crippen LogP contribution < -0.4 is 0 Å². The van der Waals surface area contributed by atoms with Crippen molar-refractivity contribution in [2.45, 2.75) is 48.5 Å². The molecule has 0 bridgehead atoms. The van der Waals surface area contributed by atoms with Crippen LogP contribution in [-0.4, -0.2) is 9.97 Å². The summed E-state index contributed by atoms with van der Waals surface area (Å²) in [4.78, 5) is 9.04. The SMILES string of the molecule is Cc1cc(C)c(-c2ccc3oc4c(c(-c5ccnc(-c6[c-]cccc6)c5)cc5oc6ccc(-c7c(C)cc(C)cc7C)cc6c54)c3c2)c(C)c1.Cc1ccc(-c2[c-]cccc2)nc1.[Ir]. The summed E-state index contributed by atoms with van der Waals surface area (Å²) < 4.78 is 13.6. The van der Waals surface area contributed by atoms with E-state index in [1.807, 2.05) is 73.9 Å². The number of fused-ring (bicyclic) bond motifs is 7. The second-order valence-corrected chi connectivity index (χ2v) is 16.9. The van der Waals surface area contributed by atoms with Crippen LogP contribution in [0.1, 0.15) is 38.9 Å². The van der Waals surface area contributed by atoms with Crippen LogP contribution in [0.2, 0.25) is 0 Å². The Bertz CT molecular complexity index is 3460. The average Bonchev–Trinajstić information content (AvgIpc) is 3.84. The number of pyridine rings is 2. The molecule has 4 aromatic heterocycles. The summed E-state index contributed by atoms with van der Waals surface area (Å²) in [5.41, 5.74) is 22.9. The van der Waals surface area contributed by atoms with E-state index >= 15 is 0 Å². The Balaban J connectivity index is 0.000000318. The monoisotopic (exact) mass is 1010 g/mol. The zero-order valence-electron chi connectivity index (χ0n) is 37.0. The van der Waals surface area contributed by atoms with Gasteiger partial charge in [-0.25, -0.2) is 0 Å². The smallest absolute Gasteiger partial charge is 0.147 e. The zero-order chi connectivity index (χ0) is 43.4. The van der Waals surface area contributed by atoms with Crippen LogP contribution in [0.15, 0.2) is 161 Å². The molecule has 0 aliphatic carbocycles. The molecule has 0 N–H and O–H groups in total. The van der Waals surface area contributed by atoms with Crippen molar-refractivity contribution < 1.29 is 28.9 Å². The number of hydrogen-bond donors (Lipinski definition) is 0. The Labute approximate surface area is 388 Å². The van der Waals surface area contributed by atoms with Gasteiger partial charge in [-0.15, -0.1) is 71.8 Å². The van der Waals surface area contributed by atoms with Crippen LogP contribution >= 0.6 is 0 Å². The van der Waals surface area contributed by atoms with E-state index in [0.717, 1.165) is 77.5 Å². The molecule has 64 heavy (non-hydrogen) atoms. The predicted octanol–water partition coefficient (Wildman–Crippen LogP) is 16.1. The molecule has 0 saturated heterocycles. The maximum Gasteiger partial charge on any atom is 0.147 e. The molecule has 315 valence electrons. The van der Waals surface area contributed by atoms with Crippen molar-refractivity contribution in [1.29, 1.82) is 0 Å². The second-order valence-electron chi connectivity index (χ2n) is 16.9. The number of nitrogens with zero attached hydrogens (tertiary/aromatic N) is 2. The van der Waals surface area contributed by atoms with E-state index in [9.17, 15) is 0 Å². The van der Waals surface area contributed by atoms with Crippen molar-refractivity contribution in [3.63, 3.8) is 0 Å². The molecule has 5 heteroatoms. The zero-order valence-corrected chi connectivity index (χ0v) is 39.4. The first kappa shape index (κ1) is 42.4. The third kappa shape index (κ3) is 7.87. The summed E-state index contributed by atoms with van der Waals surface area (Å²) in [6, 6.07) is 55.0. The fourth-order valence-electron chi connectivity index (χ4n) is 9.48. The molecule has 11 aromatic rings. The van der Waals surface area contributed by atoms with Gasteiger partial charge in [-0.05, 0) is 157 Å². The summed E-state index contributed by atoms with van der Waals surface area (Å²) in [5.74, 6) is 0. The van der Waals surface area contributed by atoms with Crippen LogP contribution in [-0.2, 0) is 20.1 Å². The summed E-state index contributed by atoms with van der Waals surface area (Å²) in [6.45, 7) is 15.1. The molecule has 4 nitrogen and oxygen atoms in total. The number of aryl methyl sites for hydroxylation is 7. The molecule has 0 saturated carbocycles. The molecular weight excluding hydrogens is 961 g/mol. The van der Waals surface area contributed by atoms with Crippen LogP contribution in [0.4, 0.5) is 0 Å². The molecule has 11 rings (SSSR count). The molecule has 0 aliphatic rings. The fraction of sp³-hybridized carbons (Fsp3) is 0.119. The van der Waals surface area contributed by atoms with Crippen molar-refractivity contribution >= 4 is 43.9 Å². The van der Waals surface area contributed by atoms with Crippen LogP contribution in [0.25, 0.3) is 99.8 Å². The van der Waals surface area contributed by atoms with E-state index < -0.39 is 0 Å². The van der Waals surface area contributed by atoms with Gasteiger partial charge in [0.05, 0.1) is 5.39 Å². The Morgan fingerprint density at radius 2 is 1.00 bits per heavy atom. The van der Waals surface area contributed by atoms with Crippen molar-refractivity contribution in [1.82, 2.24) is 9.97 Å². The van der Waals surface area contributed by atoms with Crippen LogP contribution in [0.5, 0.6) is 0 Å². The topological polar surface area (TPSA) is 52.1 Å². The quantitative estimate of drug-likeness (QED) is 0.161. The van der Waals surface area contributed by atoms with Crippen LogP contribution in [0, 0.1) is 60.6 Å². The summed E-state index contributed by atoms with van der Waals surface area (Å²) in [5, 5.41) is 4.19. The van der Waals surface area contributed by atoms with Crippen molar-refractivity contribution in [3.05, 3.63) is 203 Å². The summed E-state index contributed by atoms with van der Waals surface area (Å²) in [7, 11) is 0. The number of furan rings is 2. The van der Waals surface area contributed by atoms with Gasteiger partial charge < -0.3 is 18.8 Å². The molecule has 0 amide bonds. The Hall–Kier alpha value is -6.91. The van der Waals surface area contributed by atoms with E-state index in [1.54, 1.807) is 0 Å². The van der Waals surface area contributed by atoms with Gasteiger partial charge in [0.15, 0.2) is 0 Å². The predicted molar refractivity (Wildman–Crippen MR) is 261 cm³/mol. The van der Waals surface area contributed by atoms with E-state index in [1.165, 1.54) is 61.2 Å². The first-order valence-electron chi connectivity index (χ1n) is 21.4. The summed E-state index contributed by atoms with van der Waals surface area (Å²) >= 11 is 0. The largest absolute Gasteiger partial charge is 0.456 e. The fourth-order valence-corrected chi connectivity index (χ4v) is 9.48. The Kier molecular flexibility index (Phi) is 11.5. The van der Waals surface area contributed by atoms with Gasteiger partial charge >= 0.3 is 0 Å². The van der Waals surface area contributed by atoms with E-state index in [0.29, 0.717) is 0 Å². The summed E-state index contributed by atoms with van der Waals surface area (Å²) in [6.07, 6.45) is 3.75. The third-order valence-electron chi connectivity index (χ3n) is 12.1. The van der Waals surface area contributed by atoms with Gasteiger partial charge in [0.1, 0.15) is 22.3 Å². The molecular formula is C59H46IrN2O2-2. The van der Waals surface area contributed by atoms with Crippen LogP contribution in [0.3, 0.4) is 0 Å². The maximum atomic E-state index is 6.91. The minimum atomic E-state index is 0. The van der Waals surface area contributed by atoms with Gasteiger partial charge in [0, 0.05) is 48.7 Å². The molecule has 0 spiro atoms. The van der Waals surface area contributed by atoms with E-state index in [2.05, 4.69) is 144 Å². The first-order valence-corrected chi connectivity index (χ1v) is 21.4. The van der Waals surface area contributed by atoms with Crippen molar-refractivity contribution in [2.24, 2.45) is 0 Å². The minimum absolute atomic E-state index is 0. The number of hydrogen-bond acceptors (Lipinski definition) is 4. The van der Waals surface area contributed by atoms with E-state index in [-0.39, 0.29) is 20.1 Å². The standard InChI is InChI=1S/C47H36NO2.C12H10N.Ir/c1-26-18-28(3)43(29(4)19-26)34-13-15-41-37(22-34)45-36(33-16-17-48-39(24-33)32-10-8-7-9-11-32)25-42-46(47(45)50-41)38-23-35(12-14-40(38)49-42)44-30(5)20-27(2)21-31(44)6;1-10-7-8-12(13-9-10)11-5-3-2-4-6-11;/h7-10,12-25H,1-6H3;2-5,7-9H,1H3;/q2*-1;. The molecule has 7 aromatic carbocycles. The number of benzene rings is 7. The van der Waals surface area contributed by atoms with Gasteiger partial charge in [0.25, 0.3) is 0 Å². The molecule has 0 fully saturated rings. The third-order valence-corrected chi connectivity index (χ3v) is 12.1. The van der Waals surface area contributed by atoms with E-state index in [4.69, 9.17) is 13.8 Å². The van der Waals surface area contributed by atoms with Crippen molar-refractivity contribution in [2.75, 3.05) is 0 Å². The van der Waals surface area contributed by atoms with Gasteiger partial charge in [0.2, 0.25) is 0 Å². The maximum absolute atomic E-state index is 6.91. The van der Waals surface area contributed by atoms with Crippen molar-refractivity contribution in [3.8, 4) is 55.9 Å². The Morgan fingerprint density at radius 3 is 1.55 bits per heavy atom. The molecule has 1 radical (unpaired) electrons. The number of aromatic nitrogens is 2. The molecule has 0 aliphatic heterocycles. The average molecular weight is 1010 g/mol. The normalized spacial score (nSPS) is 11.2. The first-order chi connectivity index (χ1) is 30.6. The van der Waals surface area contributed by atoms with Gasteiger partial charge in [-0.2, -0.15) is 0 Å². The molecule has 4 heterocycles. The molecule has 0 unspecified atom stereocenters. The van der Waals surface area contributed by atoms with Gasteiger partial charge in [-0.3, -0.25) is 0 Å². The Morgan fingerprint density at radius 1 is 0.438 bits per heavy atom. The second kappa shape index (κ2) is 17.3. The molecule has 0 atom stereocenters. The minimum Gasteiger partial charge on any atom is -0.456 e. The van der Waals surface area contributed by atoms with Gasteiger partial charge in [-0.1, -0.05) is 65.7 Å². The number of rotatable bonds is 5.